The highest BCUT2D eigenvalue weighted by atomic mass is 16.5. The molecule has 90 valence electrons. The van der Waals surface area contributed by atoms with E-state index in [1.807, 2.05) is 4.57 Å². The maximum absolute atomic E-state index is 9.22. The molecule has 0 saturated carbocycles. The lowest BCUT2D eigenvalue weighted by Crippen LogP contribution is -2.21. The second-order valence-corrected chi connectivity index (χ2v) is 4.51. The summed E-state index contributed by atoms with van der Waals surface area (Å²) in [7, 11) is 0. The quantitative estimate of drug-likeness (QED) is 0.841. The number of aliphatic hydroxyl groups excluding tert-OH is 1. The van der Waals surface area contributed by atoms with E-state index in [1.54, 1.807) is 0 Å². The molecule has 0 aliphatic carbocycles. The second kappa shape index (κ2) is 4.93. The minimum Gasteiger partial charge on any atom is -0.388 e. The van der Waals surface area contributed by atoms with Gasteiger partial charge in [0.15, 0.2) is 5.82 Å². The monoisotopic (exact) mass is 225 g/mol. The first-order chi connectivity index (χ1) is 7.74. The van der Waals surface area contributed by atoms with E-state index in [0.29, 0.717) is 11.7 Å². The summed E-state index contributed by atoms with van der Waals surface area (Å²) in [6, 6.07) is 0.272. The van der Waals surface area contributed by atoms with Crippen LogP contribution in [0.1, 0.15) is 50.3 Å². The van der Waals surface area contributed by atoms with Gasteiger partial charge in [0.1, 0.15) is 12.4 Å². The zero-order valence-corrected chi connectivity index (χ0v) is 9.89. The molecule has 2 heterocycles. The van der Waals surface area contributed by atoms with Gasteiger partial charge in [0.05, 0.1) is 6.61 Å². The van der Waals surface area contributed by atoms with E-state index in [9.17, 15) is 5.11 Å². The van der Waals surface area contributed by atoms with E-state index in [0.717, 1.165) is 31.9 Å². The van der Waals surface area contributed by atoms with Crippen molar-refractivity contribution < 1.29 is 9.84 Å². The van der Waals surface area contributed by atoms with Gasteiger partial charge in [-0.05, 0) is 26.7 Å². The van der Waals surface area contributed by atoms with Crippen molar-refractivity contribution in [2.45, 2.75) is 45.3 Å². The zero-order valence-electron chi connectivity index (χ0n) is 9.89. The Kier molecular flexibility index (Phi) is 3.56. The summed E-state index contributed by atoms with van der Waals surface area (Å²) in [6.45, 7) is 5.67. The van der Waals surface area contributed by atoms with Crippen LogP contribution in [0.25, 0.3) is 0 Å². The summed E-state index contributed by atoms with van der Waals surface area (Å²) in [5, 5.41) is 17.5. The molecule has 0 aromatic carbocycles. The number of ether oxygens (including phenoxy) is 1. The van der Waals surface area contributed by atoms with Crippen molar-refractivity contribution in [2.75, 3.05) is 13.2 Å². The zero-order chi connectivity index (χ0) is 11.5. The first kappa shape index (κ1) is 11.5. The Hall–Kier alpha value is -0.940. The van der Waals surface area contributed by atoms with Crippen LogP contribution in [0, 0.1) is 0 Å². The predicted octanol–water partition coefficient (Wildman–Crippen LogP) is 1.25. The van der Waals surface area contributed by atoms with Crippen LogP contribution in [0.5, 0.6) is 0 Å². The van der Waals surface area contributed by atoms with E-state index in [-0.39, 0.29) is 12.6 Å². The predicted molar refractivity (Wildman–Crippen MR) is 59.1 cm³/mol. The first-order valence-corrected chi connectivity index (χ1v) is 5.86. The molecule has 1 aromatic rings. The molecule has 2 rings (SSSR count). The van der Waals surface area contributed by atoms with Crippen molar-refractivity contribution in [1.82, 2.24) is 14.8 Å². The molecule has 1 aliphatic heterocycles. The van der Waals surface area contributed by atoms with Gasteiger partial charge < -0.3 is 14.4 Å². The van der Waals surface area contributed by atoms with E-state index in [2.05, 4.69) is 24.0 Å². The number of hydrogen-bond donors (Lipinski definition) is 1. The van der Waals surface area contributed by atoms with Gasteiger partial charge in [-0.3, -0.25) is 0 Å². The Bertz CT molecular complexity index is 343. The molecule has 0 amide bonds. The first-order valence-electron chi connectivity index (χ1n) is 5.86. The number of aromatic nitrogens is 3. The third-order valence-corrected chi connectivity index (χ3v) is 2.98. The van der Waals surface area contributed by atoms with Crippen LogP contribution in [0.3, 0.4) is 0 Å². The Morgan fingerprint density at radius 3 is 2.88 bits per heavy atom. The fraction of sp³-hybridized carbons (Fsp3) is 0.818. The molecule has 5 nitrogen and oxygen atoms in total. The van der Waals surface area contributed by atoms with Crippen molar-refractivity contribution in [3.05, 3.63) is 11.6 Å². The molecular formula is C11H19N3O2. The van der Waals surface area contributed by atoms with Crippen molar-refractivity contribution >= 4 is 0 Å². The lowest BCUT2D eigenvalue weighted by atomic mass is 10.0. The van der Waals surface area contributed by atoms with Crippen molar-refractivity contribution in [1.29, 1.82) is 0 Å². The summed E-state index contributed by atoms with van der Waals surface area (Å²) in [5.74, 6) is 1.93. The van der Waals surface area contributed by atoms with Crippen LogP contribution in [0.15, 0.2) is 0 Å². The number of hydrogen-bond acceptors (Lipinski definition) is 4. The summed E-state index contributed by atoms with van der Waals surface area (Å²) < 4.78 is 7.50. The molecule has 5 heteroatoms. The molecule has 1 N–H and O–H groups in total. The molecule has 1 aliphatic rings. The standard InChI is InChI=1S/C11H19N3O2/c1-8(2)14-10(6-15)12-13-11(14)9-4-3-5-16-7-9/h8-9,15H,3-7H2,1-2H3. The Morgan fingerprint density at radius 1 is 1.50 bits per heavy atom. The number of aliphatic hydroxyl groups is 1. The maximum Gasteiger partial charge on any atom is 0.159 e. The molecule has 0 radical (unpaired) electrons. The fourth-order valence-corrected chi connectivity index (χ4v) is 2.23. The summed E-state index contributed by atoms with van der Waals surface area (Å²) in [4.78, 5) is 0. The minimum atomic E-state index is -0.0568. The average molecular weight is 225 g/mol. The van der Waals surface area contributed by atoms with Gasteiger partial charge in [-0.25, -0.2) is 0 Å². The lowest BCUT2D eigenvalue weighted by Gasteiger charge is -2.23. The highest BCUT2D eigenvalue weighted by molar-refractivity contribution is 5.04. The van der Waals surface area contributed by atoms with E-state index < -0.39 is 0 Å². The van der Waals surface area contributed by atoms with Gasteiger partial charge in [0, 0.05) is 18.6 Å². The van der Waals surface area contributed by atoms with Crippen LogP contribution >= 0.6 is 0 Å². The van der Waals surface area contributed by atoms with E-state index in [1.165, 1.54) is 0 Å². The topological polar surface area (TPSA) is 60.2 Å². The van der Waals surface area contributed by atoms with Gasteiger partial charge in [-0.2, -0.15) is 0 Å². The van der Waals surface area contributed by atoms with Gasteiger partial charge in [-0.1, -0.05) is 0 Å². The van der Waals surface area contributed by atoms with E-state index in [4.69, 9.17) is 4.74 Å². The third kappa shape index (κ3) is 2.10. The van der Waals surface area contributed by atoms with Gasteiger partial charge in [-0.15, -0.1) is 10.2 Å². The summed E-state index contributed by atoms with van der Waals surface area (Å²) in [6.07, 6.45) is 2.17. The molecule has 1 atom stereocenters. The van der Waals surface area contributed by atoms with Crippen LogP contribution < -0.4 is 0 Å². The third-order valence-electron chi connectivity index (χ3n) is 2.98. The Balaban J connectivity index is 2.28. The van der Waals surface area contributed by atoms with Gasteiger partial charge in [0.25, 0.3) is 0 Å². The Morgan fingerprint density at radius 2 is 2.31 bits per heavy atom. The SMILES string of the molecule is CC(C)n1c(CO)nnc1C1CCCOC1. The van der Waals surface area contributed by atoms with Crippen molar-refractivity contribution in [3.63, 3.8) is 0 Å². The lowest BCUT2D eigenvalue weighted by molar-refractivity contribution is 0.0764. The Labute approximate surface area is 95.4 Å². The molecule has 1 aromatic heterocycles. The van der Waals surface area contributed by atoms with Crippen LogP contribution in [-0.2, 0) is 11.3 Å². The molecule has 16 heavy (non-hydrogen) atoms. The van der Waals surface area contributed by atoms with Gasteiger partial charge in [0.2, 0.25) is 0 Å². The molecule has 1 fully saturated rings. The smallest absolute Gasteiger partial charge is 0.159 e. The normalized spacial score (nSPS) is 21.6. The highest BCUT2D eigenvalue weighted by Crippen LogP contribution is 2.26. The highest BCUT2D eigenvalue weighted by Gasteiger charge is 2.24. The molecule has 0 spiro atoms. The van der Waals surface area contributed by atoms with Crippen LogP contribution in [0.4, 0.5) is 0 Å². The maximum atomic E-state index is 9.22. The van der Waals surface area contributed by atoms with Gasteiger partial charge >= 0.3 is 0 Å². The van der Waals surface area contributed by atoms with Crippen molar-refractivity contribution in [3.8, 4) is 0 Å². The number of nitrogens with zero attached hydrogens (tertiary/aromatic N) is 3. The van der Waals surface area contributed by atoms with E-state index >= 15 is 0 Å². The molecule has 1 unspecified atom stereocenters. The second-order valence-electron chi connectivity index (χ2n) is 4.51. The molecule has 1 saturated heterocycles. The van der Waals surface area contributed by atoms with Crippen molar-refractivity contribution in [2.24, 2.45) is 0 Å². The minimum absolute atomic E-state index is 0.0568. The molecule has 0 bridgehead atoms. The van der Waals surface area contributed by atoms with Crippen LogP contribution in [-0.4, -0.2) is 33.1 Å². The molecular weight excluding hydrogens is 206 g/mol. The number of rotatable bonds is 3. The largest absolute Gasteiger partial charge is 0.388 e. The fourth-order valence-electron chi connectivity index (χ4n) is 2.23. The average Bonchev–Trinajstić information content (AvgIpc) is 2.73. The summed E-state index contributed by atoms with van der Waals surface area (Å²) in [5.41, 5.74) is 0. The summed E-state index contributed by atoms with van der Waals surface area (Å²) >= 11 is 0. The van der Waals surface area contributed by atoms with Crippen LogP contribution in [0.2, 0.25) is 0 Å².